The van der Waals surface area contributed by atoms with Crippen LogP contribution in [-0.2, 0) is 17.9 Å². The largest absolute Gasteiger partial charge is 0.353 e. The highest BCUT2D eigenvalue weighted by molar-refractivity contribution is 7.23. The second-order valence-electron chi connectivity index (χ2n) is 7.98. The van der Waals surface area contributed by atoms with Crippen LogP contribution < -0.4 is 16.4 Å². The highest BCUT2D eigenvalue weighted by Gasteiger charge is 2.14. The molecule has 0 radical (unpaired) electrons. The van der Waals surface area contributed by atoms with Gasteiger partial charge in [-0.15, -0.1) is 22.7 Å². The molecule has 0 atom stereocenters. The molecular formula is C23H24N6O3S2. The molecule has 4 aromatic rings. The predicted octanol–water partition coefficient (Wildman–Crippen LogP) is 2.90. The maximum atomic E-state index is 12.3. The number of aryl methyl sites for hydroxylation is 1. The topological polar surface area (TPSA) is 112 Å². The first-order valence-corrected chi connectivity index (χ1v) is 12.4. The van der Waals surface area contributed by atoms with Crippen LogP contribution in [-0.4, -0.2) is 36.8 Å². The van der Waals surface area contributed by atoms with E-state index in [0.29, 0.717) is 11.4 Å². The zero-order chi connectivity index (χ0) is 24.2. The minimum Gasteiger partial charge on any atom is -0.353 e. The summed E-state index contributed by atoms with van der Waals surface area (Å²) in [7, 11) is 0. The molecule has 1 N–H and O–H groups in total. The molecule has 0 fully saturated rings. The number of carbonyl (C=O) groups excluding carboxylic acids is 1. The lowest BCUT2D eigenvalue weighted by atomic mass is 10.1. The number of rotatable bonds is 8. The van der Waals surface area contributed by atoms with Crippen molar-refractivity contribution in [3.05, 3.63) is 74.1 Å². The van der Waals surface area contributed by atoms with Gasteiger partial charge in [-0.1, -0.05) is 19.9 Å². The summed E-state index contributed by atoms with van der Waals surface area (Å²) in [6.07, 6.45) is 1.38. The zero-order valence-corrected chi connectivity index (χ0v) is 20.7. The van der Waals surface area contributed by atoms with Gasteiger partial charge >= 0.3 is 0 Å². The van der Waals surface area contributed by atoms with Gasteiger partial charge in [-0.2, -0.15) is 5.10 Å². The SMILES string of the molecule is Cc1nc(-c2cccs2)sc1-c1ccc(=O)n(CCNC(=O)Cn2cnc(C(C)C)cc2=O)n1. The predicted molar refractivity (Wildman–Crippen MR) is 133 cm³/mol. The summed E-state index contributed by atoms with van der Waals surface area (Å²) in [6, 6.07) is 8.60. The molecule has 0 spiro atoms. The van der Waals surface area contributed by atoms with Crippen LogP contribution in [0.1, 0.15) is 31.2 Å². The van der Waals surface area contributed by atoms with Crippen LogP contribution in [0.5, 0.6) is 0 Å². The average molecular weight is 497 g/mol. The first kappa shape index (κ1) is 23.7. The van der Waals surface area contributed by atoms with Crippen LogP contribution in [0.3, 0.4) is 0 Å². The standard InChI is InChI=1S/C23H24N6O3S2/c1-14(2)17-11-21(32)28(13-25-17)12-19(30)24-8-9-29-20(31)7-6-16(27-29)22-15(3)26-23(34-22)18-5-4-10-33-18/h4-7,10-11,13-14H,8-9,12H2,1-3H3,(H,24,30). The Hall–Kier alpha value is -3.44. The van der Waals surface area contributed by atoms with Crippen LogP contribution in [0.2, 0.25) is 0 Å². The Morgan fingerprint density at radius 2 is 2.00 bits per heavy atom. The number of nitrogens with zero attached hydrogens (tertiary/aromatic N) is 5. The Labute approximate surface area is 203 Å². The lowest BCUT2D eigenvalue weighted by molar-refractivity contribution is -0.121. The third-order valence-corrected chi connectivity index (χ3v) is 7.30. The molecule has 0 aliphatic heterocycles. The van der Waals surface area contributed by atoms with Crippen molar-refractivity contribution < 1.29 is 4.79 Å². The fraction of sp³-hybridized carbons (Fsp3) is 0.304. The monoisotopic (exact) mass is 496 g/mol. The highest BCUT2D eigenvalue weighted by atomic mass is 32.1. The number of thiophene rings is 1. The van der Waals surface area contributed by atoms with Crippen molar-refractivity contribution in [3.8, 4) is 20.5 Å². The molecule has 0 unspecified atom stereocenters. The molecular weight excluding hydrogens is 472 g/mol. The van der Waals surface area contributed by atoms with Crippen LogP contribution in [0, 0.1) is 6.92 Å². The van der Waals surface area contributed by atoms with E-state index in [-0.39, 0.29) is 42.6 Å². The Morgan fingerprint density at radius 3 is 2.71 bits per heavy atom. The van der Waals surface area contributed by atoms with Crippen molar-refractivity contribution >= 4 is 28.6 Å². The Kier molecular flexibility index (Phi) is 7.13. The third kappa shape index (κ3) is 5.37. The molecule has 176 valence electrons. The summed E-state index contributed by atoms with van der Waals surface area (Å²) in [5.41, 5.74) is 1.66. The van der Waals surface area contributed by atoms with Gasteiger partial charge in [0.05, 0.1) is 34.0 Å². The summed E-state index contributed by atoms with van der Waals surface area (Å²) in [5.74, 6) is -0.210. The summed E-state index contributed by atoms with van der Waals surface area (Å²) >= 11 is 3.15. The molecule has 4 heterocycles. The van der Waals surface area contributed by atoms with Crippen molar-refractivity contribution in [2.24, 2.45) is 0 Å². The molecule has 9 nitrogen and oxygen atoms in total. The lowest BCUT2D eigenvalue weighted by Crippen LogP contribution is -2.36. The Balaban J connectivity index is 1.41. The number of carbonyl (C=O) groups is 1. The van der Waals surface area contributed by atoms with Crippen LogP contribution >= 0.6 is 22.7 Å². The van der Waals surface area contributed by atoms with Gasteiger partial charge in [0.25, 0.3) is 11.1 Å². The number of hydrogen-bond donors (Lipinski definition) is 1. The quantitative estimate of drug-likeness (QED) is 0.401. The molecule has 0 aliphatic rings. The summed E-state index contributed by atoms with van der Waals surface area (Å²) in [5, 5.41) is 10.1. The minimum atomic E-state index is -0.343. The third-order valence-electron chi connectivity index (χ3n) is 5.08. The van der Waals surface area contributed by atoms with E-state index >= 15 is 0 Å². The molecule has 0 aliphatic carbocycles. The molecule has 0 aromatic carbocycles. The average Bonchev–Trinajstić information content (AvgIpc) is 3.46. The lowest BCUT2D eigenvalue weighted by Gasteiger charge is -2.10. The normalized spacial score (nSPS) is 11.2. The first-order valence-electron chi connectivity index (χ1n) is 10.7. The summed E-state index contributed by atoms with van der Waals surface area (Å²) in [6.45, 7) is 6.07. The van der Waals surface area contributed by atoms with E-state index in [4.69, 9.17) is 0 Å². The maximum Gasteiger partial charge on any atom is 0.266 e. The maximum absolute atomic E-state index is 12.3. The molecule has 0 saturated heterocycles. The van der Waals surface area contributed by atoms with Crippen LogP contribution in [0.15, 0.2) is 51.6 Å². The fourth-order valence-electron chi connectivity index (χ4n) is 3.26. The summed E-state index contributed by atoms with van der Waals surface area (Å²) in [4.78, 5) is 47.6. The van der Waals surface area contributed by atoms with Gasteiger partial charge in [0, 0.05) is 18.7 Å². The highest BCUT2D eigenvalue weighted by Crippen LogP contribution is 2.35. The van der Waals surface area contributed by atoms with Gasteiger partial charge in [0.15, 0.2) is 0 Å². The van der Waals surface area contributed by atoms with Crippen LogP contribution in [0.4, 0.5) is 0 Å². The molecule has 0 bridgehead atoms. The Bertz CT molecular complexity index is 1420. The first-order chi connectivity index (χ1) is 16.3. The van der Waals surface area contributed by atoms with Gasteiger partial charge in [-0.05, 0) is 30.4 Å². The molecule has 4 aromatic heterocycles. The van der Waals surface area contributed by atoms with E-state index in [0.717, 1.165) is 20.5 Å². The van der Waals surface area contributed by atoms with E-state index in [1.807, 2.05) is 38.3 Å². The van der Waals surface area contributed by atoms with E-state index in [9.17, 15) is 14.4 Å². The number of hydrogen-bond acceptors (Lipinski definition) is 8. The number of aromatic nitrogens is 5. The van der Waals surface area contributed by atoms with Gasteiger partial charge < -0.3 is 5.32 Å². The molecule has 0 saturated carbocycles. The van der Waals surface area contributed by atoms with Gasteiger partial charge in [-0.3, -0.25) is 19.0 Å². The van der Waals surface area contributed by atoms with E-state index < -0.39 is 0 Å². The molecule has 34 heavy (non-hydrogen) atoms. The molecule has 1 amide bonds. The van der Waals surface area contributed by atoms with Crippen molar-refractivity contribution in [2.45, 2.75) is 39.8 Å². The van der Waals surface area contributed by atoms with Gasteiger partial charge in [0.2, 0.25) is 5.91 Å². The van der Waals surface area contributed by atoms with Crippen molar-refractivity contribution in [2.75, 3.05) is 6.54 Å². The van der Waals surface area contributed by atoms with Crippen molar-refractivity contribution in [3.63, 3.8) is 0 Å². The smallest absolute Gasteiger partial charge is 0.266 e. The van der Waals surface area contributed by atoms with Crippen molar-refractivity contribution in [1.29, 1.82) is 0 Å². The van der Waals surface area contributed by atoms with E-state index in [1.165, 1.54) is 39.0 Å². The number of nitrogens with one attached hydrogen (secondary N) is 1. The fourth-order valence-corrected chi connectivity index (χ4v) is 5.08. The van der Waals surface area contributed by atoms with Gasteiger partial charge in [0.1, 0.15) is 17.2 Å². The summed E-state index contributed by atoms with van der Waals surface area (Å²) < 4.78 is 2.58. The zero-order valence-electron chi connectivity index (χ0n) is 19.0. The van der Waals surface area contributed by atoms with Crippen LogP contribution in [0.25, 0.3) is 20.5 Å². The number of thiazole rings is 1. The Morgan fingerprint density at radius 1 is 1.18 bits per heavy atom. The van der Waals surface area contributed by atoms with E-state index in [1.54, 1.807) is 17.4 Å². The second kappa shape index (κ2) is 10.2. The minimum absolute atomic E-state index is 0.133. The number of amides is 1. The van der Waals surface area contributed by atoms with Gasteiger partial charge in [-0.25, -0.2) is 14.6 Å². The van der Waals surface area contributed by atoms with E-state index in [2.05, 4.69) is 20.4 Å². The molecule has 4 rings (SSSR count). The second-order valence-corrected chi connectivity index (χ2v) is 9.92. The molecule has 11 heteroatoms. The van der Waals surface area contributed by atoms with Crippen molar-refractivity contribution in [1.82, 2.24) is 29.6 Å².